The van der Waals surface area contributed by atoms with E-state index in [1.807, 2.05) is 109 Å². The Balaban J connectivity index is 1.31. The topological polar surface area (TPSA) is 24.9 Å². The highest BCUT2D eigenvalue weighted by molar-refractivity contribution is 6.31. The van der Waals surface area contributed by atoms with E-state index in [2.05, 4.69) is 52.3 Å². The first-order valence-electron chi connectivity index (χ1n) is 13.4. The normalized spacial score (nSPS) is 11.7. The van der Waals surface area contributed by atoms with Crippen molar-refractivity contribution >= 4 is 45.7 Å². The molecule has 1 aliphatic heterocycles. The summed E-state index contributed by atoms with van der Waals surface area (Å²) in [5.74, 6) is 2.59. The third-order valence-corrected chi connectivity index (χ3v) is 7.12. The predicted molar refractivity (Wildman–Crippen MR) is 167 cm³/mol. The maximum Gasteiger partial charge on any atom is 0.193 e. The van der Waals surface area contributed by atoms with Crippen LogP contribution in [-0.4, -0.2) is 0 Å². The molecule has 1 aliphatic rings. The molecule has 5 heteroatoms. The van der Waals surface area contributed by atoms with E-state index in [0.717, 1.165) is 39.9 Å². The van der Waals surface area contributed by atoms with Crippen LogP contribution in [-0.2, 0) is 0 Å². The van der Waals surface area contributed by atoms with E-state index >= 15 is 0 Å². The summed E-state index contributed by atoms with van der Waals surface area (Å²) in [6.45, 7) is 0. The summed E-state index contributed by atoms with van der Waals surface area (Å²) in [5.41, 5.74) is 5.81. The number of hydrogen-bond acceptors (Lipinski definition) is 4. The average Bonchev–Trinajstić information content (AvgIpc) is 3.02. The van der Waals surface area contributed by atoms with Crippen LogP contribution in [0, 0.1) is 0 Å². The Hall–Kier alpha value is -5.19. The largest absolute Gasteiger partial charge is 0.453 e. The lowest BCUT2D eigenvalue weighted by Crippen LogP contribution is -2.16. The first-order valence-corrected chi connectivity index (χ1v) is 13.8. The van der Waals surface area contributed by atoms with Gasteiger partial charge in [0.05, 0.1) is 17.1 Å². The quantitative estimate of drug-likeness (QED) is 0.205. The fourth-order valence-electron chi connectivity index (χ4n) is 5.15. The van der Waals surface area contributed by atoms with Crippen molar-refractivity contribution in [1.82, 2.24) is 0 Å². The standard InChI is InChI=1S/C36H25ClN2O2/c37-26-23-30(38(27-13-4-1-5-14-27)28-15-6-2-7-16-28)25-31(24-26)40-35-22-12-20-33-36(35)41-34-21-11-10-19-32(34)39(33)29-17-8-3-9-18-29/h1-25H. The minimum absolute atomic E-state index is 0.566. The zero-order valence-electron chi connectivity index (χ0n) is 22.0. The van der Waals surface area contributed by atoms with Crippen molar-refractivity contribution in [3.05, 3.63) is 157 Å². The van der Waals surface area contributed by atoms with Crippen LogP contribution in [0.2, 0.25) is 5.02 Å². The van der Waals surface area contributed by atoms with Gasteiger partial charge in [0.15, 0.2) is 17.2 Å². The molecule has 0 saturated carbocycles. The molecule has 0 radical (unpaired) electrons. The molecule has 0 amide bonds. The van der Waals surface area contributed by atoms with Gasteiger partial charge in [-0.3, -0.25) is 0 Å². The third kappa shape index (κ3) is 4.86. The number of nitrogens with zero attached hydrogens (tertiary/aromatic N) is 2. The van der Waals surface area contributed by atoms with Crippen LogP contribution in [0.15, 0.2) is 152 Å². The van der Waals surface area contributed by atoms with Gasteiger partial charge in [-0.1, -0.05) is 84.4 Å². The lowest BCUT2D eigenvalue weighted by atomic mass is 10.1. The third-order valence-electron chi connectivity index (χ3n) is 6.90. The molecule has 4 nitrogen and oxygen atoms in total. The summed E-state index contributed by atoms with van der Waals surface area (Å²) < 4.78 is 13.0. The maximum absolute atomic E-state index is 6.70. The molecule has 0 unspecified atom stereocenters. The van der Waals surface area contributed by atoms with Crippen molar-refractivity contribution < 1.29 is 9.47 Å². The van der Waals surface area contributed by atoms with Crippen LogP contribution < -0.4 is 19.3 Å². The number of rotatable bonds is 6. The monoisotopic (exact) mass is 552 g/mol. The summed E-state index contributed by atoms with van der Waals surface area (Å²) in [4.78, 5) is 4.35. The Kier molecular flexibility index (Phi) is 6.51. The lowest BCUT2D eigenvalue weighted by Gasteiger charge is -2.33. The highest BCUT2D eigenvalue weighted by Gasteiger charge is 2.28. The molecule has 0 spiro atoms. The van der Waals surface area contributed by atoms with Gasteiger partial charge in [0.25, 0.3) is 0 Å². The van der Waals surface area contributed by atoms with Gasteiger partial charge in [0, 0.05) is 28.2 Å². The number of para-hydroxylation sites is 6. The summed E-state index contributed by atoms with van der Waals surface area (Å²) >= 11 is 6.70. The summed E-state index contributed by atoms with van der Waals surface area (Å²) in [6, 6.07) is 50.4. The Morgan fingerprint density at radius 1 is 0.561 bits per heavy atom. The van der Waals surface area contributed by atoms with Gasteiger partial charge in [0.2, 0.25) is 0 Å². The van der Waals surface area contributed by atoms with Gasteiger partial charge in [-0.25, -0.2) is 0 Å². The van der Waals surface area contributed by atoms with Crippen LogP contribution in [0.4, 0.5) is 34.1 Å². The number of halogens is 1. The molecule has 1 heterocycles. The van der Waals surface area contributed by atoms with Crippen LogP contribution >= 0.6 is 11.6 Å². The number of benzene rings is 6. The van der Waals surface area contributed by atoms with E-state index in [1.54, 1.807) is 0 Å². The van der Waals surface area contributed by atoms with Gasteiger partial charge in [-0.2, -0.15) is 0 Å². The van der Waals surface area contributed by atoms with Crippen LogP contribution in [0.3, 0.4) is 0 Å². The number of hydrogen-bond donors (Lipinski definition) is 0. The van der Waals surface area contributed by atoms with E-state index in [4.69, 9.17) is 21.1 Å². The molecule has 0 bridgehead atoms. The predicted octanol–water partition coefficient (Wildman–Crippen LogP) is 11.2. The van der Waals surface area contributed by atoms with E-state index in [0.29, 0.717) is 22.3 Å². The Labute approximate surface area is 244 Å². The van der Waals surface area contributed by atoms with Gasteiger partial charge in [-0.15, -0.1) is 0 Å². The van der Waals surface area contributed by atoms with Gasteiger partial charge in [0.1, 0.15) is 5.75 Å². The number of anilines is 6. The molecule has 7 rings (SSSR count). The maximum atomic E-state index is 6.70. The highest BCUT2D eigenvalue weighted by Crippen LogP contribution is 2.54. The smallest absolute Gasteiger partial charge is 0.193 e. The molecule has 198 valence electrons. The number of ether oxygens (including phenoxy) is 2. The van der Waals surface area contributed by atoms with E-state index < -0.39 is 0 Å². The molecule has 0 atom stereocenters. The molecular weight excluding hydrogens is 528 g/mol. The first-order chi connectivity index (χ1) is 20.2. The molecule has 0 aromatic heterocycles. The van der Waals surface area contributed by atoms with Gasteiger partial charge in [-0.05, 0) is 72.8 Å². The highest BCUT2D eigenvalue weighted by atomic mass is 35.5. The van der Waals surface area contributed by atoms with E-state index in [9.17, 15) is 0 Å². The molecular formula is C36H25ClN2O2. The fourth-order valence-corrected chi connectivity index (χ4v) is 5.37. The molecule has 0 fully saturated rings. The molecule has 0 saturated heterocycles. The Morgan fingerprint density at radius 3 is 1.88 bits per heavy atom. The zero-order chi connectivity index (χ0) is 27.6. The van der Waals surface area contributed by atoms with Crippen molar-refractivity contribution in [2.75, 3.05) is 9.80 Å². The van der Waals surface area contributed by atoms with E-state index in [-0.39, 0.29) is 0 Å². The summed E-state index contributed by atoms with van der Waals surface area (Å²) in [6.07, 6.45) is 0. The average molecular weight is 553 g/mol. The zero-order valence-corrected chi connectivity index (χ0v) is 22.8. The Morgan fingerprint density at radius 2 is 1.17 bits per heavy atom. The molecule has 6 aromatic rings. The second-order valence-corrected chi connectivity index (χ2v) is 10.0. The van der Waals surface area contributed by atoms with Crippen molar-refractivity contribution in [2.24, 2.45) is 0 Å². The summed E-state index contributed by atoms with van der Waals surface area (Å²) in [5, 5.41) is 0.566. The number of fused-ring (bicyclic) bond motifs is 2. The minimum Gasteiger partial charge on any atom is -0.453 e. The fraction of sp³-hybridized carbons (Fsp3) is 0. The van der Waals surface area contributed by atoms with Crippen molar-refractivity contribution in [3.63, 3.8) is 0 Å². The molecule has 41 heavy (non-hydrogen) atoms. The molecule has 0 aliphatic carbocycles. The summed E-state index contributed by atoms with van der Waals surface area (Å²) in [7, 11) is 0. The van der Waals surface area contributed by atoms with Crippen molar-refractivity contribution in [3.8, 4) is 23.0 Å². The lowest BCUT2D eigenvalue weighted by molar-refractivity contribution is 0.416. The second kappa shape index (κ2) is 10.8. The van der Waals surface area contributed by atoms with Crippen molar-refractivity contribution in [2.45, 2.75) is 0 Å². The molecule has 0 N–H and O–H groups in total. The van der Waals surface area contributed by atoms with Gasteiger partial charge >= 0.3 is 0 Å². The SMILES string of the molecule is Clc1cc(Oc2cccc3c2Oc2ccccc2N3c2ccccc2)cc(N(c2ccccc2)c2ccccc2)c1. The van der Waals surface area contributed by atoms with Crippen LogP contribution in [0.25, 0.3) is 0 Å². The van der Waals surface area contributed by atoms with Crippen LogP contribution in [0.1, 0.15) is 0 Å². The minimum atomic E-state index is 0.566. The second-order valence-electron chi connectivity index (χ2n) is 9.60. The van der Waals surface area contributed by atoms with E-state index in [1.165, 1.54) is 0 Å². The van der Waals surface area contributed by atoms with Crippen LogP contribution in [0.5, 0.6) is 23.0 Å². The Bertz CT molecular complexity index is 1770. The van der Waals surface area contributed by atoms with Crippen molar-refractivity contribution in [1.29, 1.82) is 0 Å². The van der Waals surface area contributed by atoms with Gasteiger partial charge < -0.3 is 19.3 Å². The molecule has 6 aromatic carbocycles. The first kappa shape index (κ1) is 24.8.